The van der Waals surface area contributed by atoms with Crippen molar-refractivity contribution < 1.29 is 9.90 Å². The highest BCUT2D eigenvalue weighted by Crippen LogP contribution is 2.04. The number of aliphatic hydroxyl groups excluding tert-OH is 1. The Morgan fingerprint density at radius 1 is 1.79 bits per heavy atom. The highest BCUT2D eigenvalue weighted by Gasteiger charge is 2.28. The van der Waals surface area contributed by atoms with Crippen LogP contribution in [0.5, 0.6) is 0 Å². The van der Waals surface area contributed by atoms with Gasteiger partial charge in [0, 0.05) is 33.2 Å². The van der Waals surface area contributed by atoms with E-state index in [2.05, 4.69) is 10.6 Å². The molecule has 1 fully saturated rings. The first kappa shape index (κ1) is 11.4. The Morgan fingerprint density at radius 3 is 3.07 bits per heavy atom. The summed E-state index contributed by atoms with van der Waals surface area (Å²) >= 11 is 0. The van der Waals surface area contributed by atoms with Gasteiger partial charge in [-0.05, 0) is 6.92 Å². The van der Waals surface area contributed by atoms with Gasteiger partial charge in [-0.2, -0.15) is 0 Å². The topological polar surface area (TPSA) is 64.6 Å². The van der Waals surface area contributed by atoms with E-state index in [0.717, 1.165) is 13.1 Å². The molecule has 3 N–H and O–H groups in total. The third-order valence-electron chi connectivity index (χ3n) is 2.40. The number of β-amino-alcohol motifs (C(OH)–C–C–N with tert-alkyl or cyclic N) is 1. The zero-order chi connectivity index (χ0) is 10.6. The molecule has 0 radical (unpaired) electrons. The van der Waals surface area contributed by atoms with Gasteiger partial charge in [-0.15, -0.1) is 0 Å². The van der Waals surface area contributed by atoms with E-state index < -0.39 is 0 Å². The van der Waals surface area contributed by atoms with Gasteiger partial charge in [-0.3, -0.25) is 9.69 Å². The molecule has 0 aromatic heterocycles. The molecular formula is C9H19N3O2. The number of nitrogens with one attached hydrogen (secondary N) is 2. The maximum Gasteiger partial charge on any atom is 0.238 e. The van der Waals surface area contributed by atoms with E-state index in [-0.39, 0.29) is 18.1 Å². The summed E-state index contributed by atoms with van der Waals surface area (Å²) < 4.78 is 0. The summed E-state index contributed by atoms with van der Waals surface area (Å²) in [5.41, 5.74) is 0. The van der Waals surface area contributed by atoms with Crippen LogP contribution in [-0.2, 0) is 4.79 Å². The Hall–Kier alpha value is -0.650. The van der Waals surface area contributed by atoms with E-state index in [1.807, 2.05) is 4.90 Å². The summed E-state index contributed by atoms with van der Waals surface area (Å²) in [6.07, 6.45) is -0.389. The third-order valence-corrected chi connectivity index (χ3v) is 2.40. The van der Waals surface area contributed by atoms with Crippen molar-refractivity contribution in [2.24, 2.45) is 0 Å². The van der Waals surface area contributed by atoms with Crippen molar-refractivity contribution in [1.82, 2.24) is 15.5 Å². The van der Waals surface area contributed by atoms with Crippen LogP contribution in [0, 0.1) is 0 Å². The minimum atomic E-state index is -0.389. The smallest absolute Gasteiger partial charge is 0.238 e. The molecule has 1 amide bonds. The number of hydrogen-bond acceptors (Lipinski definition) is 4. The number of rotatable bonds is 3. The summed E-state index contributed by atoms with van der Waals surface area (Å²) in [6, 6.07) is -0.150. The van der Waals surface area contributed by atoms with Gasteiger partial charge in [0.15, 0.2) is 0 Å². The van der Waals surface area contributed by atoms with Gasteiger partial charge in [-0.1, -0.05) is 0 Å². The lowest BCUT2D eigenvalue weighted by Crippen LogP contribution is -2.58. The van der Waals surface area contributed by atoms with Gasteiger partial charge in [-0.25, -0.2) is 0 Å². The molecule has 0 spiro atoms. The maximum absolute atomic E-state index is 11.5. The summed E-state index contributed by atoms with van der Waals surface area (Å²) in [4.78, 5) is 13.5. The van der Waals surface area contributed by atoms with Crippen LogP contribution in [-0.4, -0.2) is 61.3 Å². The van der Waals surface area contributed by atoms with E-state index in [1.165, 1.54) is 0 Å². The molecule has 1 heterocycles. The molecule has 14 heavy (non-hydrogen) atoms. The first-order valence-corrected chi connectivity index (χ1v) is 4.99. The highest BCUT2D eigenvalue weighted by atomic mass is 16.3. The normalized spacial score (nSPS) is 25.8. The molecule has 0 aromatic carbocycles. The fourth-order valence-electron chi connectivity index (χ4n) is 1.73. The minimum absolute atomic E-state index is 0.0119. The van der Waals surface area contributed by atoms with Crippen molar-refractivity contribution in [2.45, 2.75) is 19.1 Å². The second-order valence-corrected chi connectivity index (χ2v) is 3.68. The number of likely N-dealkylation sites (N-methyl/N-ethyl adjacent to an activating group) is 1. The zero-order valence-electron chi connectivity index (χ0n) is 8.79. The van der Waals surface area contributed by atoms with Crippen LogP contribution in [0.25, 0.3) is 0 Å². The molecule has 1 rings (SSSR count). The van der Waals surface area contributed by atoms with Crippen LogP contribution in [0.15, 0.2) is 0 Å². The van der Waals surface area contributed by atoms with Crippen LogP contribution < -0.4 is 10.6 Å². The lowest BCUT2D eigenvalue weighted by atomic mass is 10.1. The second kappa shape index (κ2) is 5.29. The standard InChI is InChI=1S/C9H19N3O2/c1-7(13)6-12-4-3-11-5-8(12)9(14)10-2/h7-8,11,13H,3-6H2,1-2H3,(H,10,14). The number of carbonyl (C=O) groups excluding carboxylic acids is 1. The number of aliphatic hydroxyl groups is 1. The molecule has 5 nitrogen and oxygen atoms in total. The average molecular weight is 201 g/mol. The number of carbonyl (C=O) groups is 1. The van der Waals surface area contributed by atoms with E-state index in [4.69, 9.17) is 0 Å². The molecule has 82 valence electrons. The van der Waals surface area contributed by atoms with Crippen LogP contribution in [0.1, 0.15) is 6.92 Å². The molecule has 1 aliphatic heterocycles. The van der Waals surface area contributed by atoms with Crippen molar-refractivity contribution in [3.63, 3.8) is 0 Å². The van der Waals surface area contributed by atoms with Gasteiger partial charge in [0.05, 0.1) is 6.10 Å². The van der Waals surface area contributed by atoms with Crippen molar-refractivity contribution in [1.29, 1.82) is 0 Å². The summed E-state index contributed by atoms with van der Waals surface area (Å²) in [7, 11) is 1.64. The molecule has 1 aliphatic rings. The van der Waals surface area contributed by atoms with E-state index in [1.54, 1.807) is 14.0 Å². The SMILES string of the molecule is CNC(=O)C1CNCCN1CC(C)O. The number of piperazine rings is 1. The Morgan fingerprint density at radius 2 is 2.50 bits per heavy atom. The molecule has 2 atom stereocenters. The highest BCUT2D eigenvalue weighted by molar-refractivity contribution is 5.81. The lowest BCUT2D eigenvalue weighted by molar-refractivity contribution is -0.127. The summed E-state index contributed by atoms with van der Waals surface area (Å²) in [5, 5.41) is 15.1. The molecule has 2 unspecified atom stereocenters. The van der Waals surface area contributed by atoms with E-state index >= 15 is 0 Å². The fourth-order valence-corrected chi connectivity index (χ4v) is 1.73. The Kier molecular flexibility index (Phi) is 4.31. The van der Waals surface area contributed by atoms with Crippen LogP contribution >= 0.6 is 0 Å². The van der Waals surface area contributed by atoms with E-state index in [0.29, 0.717) is 13.1 Å². The monoisotopic (exact) mass is 201 g/mol. The van der Waals surface area contributed by atoms with Gasteiger partial charge in [0.1, 0.15) is 6.04 Å². The number of hydrogen-bond donors (Lipinski definition) is 3. The first-order valence-electron chi connectivity index (χ1n) is 4.99. The van der Waals surface area contributed by atoms with Gasteiger partial charge in [0.2, 0.25) is 5.91 Å². The quantitative estimate of drug-likeness (QED) is 0.514. The average Bonchev–Trinajstić information content (AvgIpc) is 2.16. The van der Waals surface area contributed by atoms with Crippen LogP contribution in [0.3, 0.4) is 0 Å². The molecule has 0 saturated carbocycles. The molecule has 5 heteroatoms. The number of amides is 1. The third kappa shape index (κ3) is 2.94. The Labute approximate surface area is 84.5 Å². The second-order valence-electron chi connectivity index (χ2n) is 3.68. The molecular weight excluding hydrogens is 182 g/mol. The largest absolute Gasteiger partial charge is 0.392 e. The first-order chi connectivity index (χ1) is 6.65. The van der Waals surface area contributed by atoms with Gasteiger partial charge in [0.25, 0.3) is 0 Å². The van der Waals surface area contributed by atoms with Crippen LogP contribution in [0.4, 0.5) is 0 Å². The van der Waals surface area contributed by atoms with Crippen molar-refractivity contribution in [3.8, 4) is 0 Å². The molecule has 0 aromatic rings. The number of nitrogens with zero attached hydrogens (tertiary/aromatic N) is 1. The lowest BCUT2D eigenvalue weighted by Gasteiger charge is -2.35. The Balaban J connectivity index is 2.54. The van der Waals surface area contributed by atoms with Crippen molar-refractivity contribution >= 4 is 5.91 Å². The fraction of sp³-hybridized carbons (Fsp3) is 0.889. The molecule has 0 aliphatic carbocycles. The van der Waals surface area contributed by atoms with Crippen LogP contribution in [0.2, 0.25) is 0 Å². The zero-order valence-corrected chi connectivity index (χ0v) is 8.79. The van der Waals surface area contributed by atoms with Crippen molar-refractivity contribution in [3.05, 3.63) is 0 Å². The van der Waals surface area contributed by atoms with Crippen molar-refractivity contribution in [2.75, 3.05) is 33.2 Å². The van der Waals surface area contributed by atoms with Gasteiger partial charge < -0.3 is 15.7 Å². The summed E-state index contributed by atoms with van der Waals surface area (Å²) in [6.45, 7) is 4.64. The molecule has 0 bridgehead atoms. The minimum Gasteiger partial charge on any atom is -0.392 e. The maximum atomic E-state index is 11.5. The predicted octanol–water partition coefficient (Wildman–Crippen LogP) is -1.61. The molecule has 1 saturated heterocycles. The van der Waals surface area contributed by atoms with E-state index in [9.17, 15) is 9.90 Å². The predicted molar refractivity (Wildman–Crippen MR) is 54.0 cm³/mol. The summed E-state index contributed by atoms with van der Waals surface area (Å²) in [5.74, 6) is 0.0119. The Bertz CT molecular complexity index is 196. The van der Waals surface area contributed by atoms with Gasteiger partial charge >= 0.3 is 0 Å².